The predicted molar refractivity (Wildman–Crippen MR) is 117 cm³/mol. The molecule has 0 bridgehead atoms. The lowest BCUT2D eigenvalue weighted by molar-refractivity contribution is -0.147. The molecule has 1 saturated heterocycles. The van der Waals surface area contributed by atoms with E-state index < -0.39 is 12.0 Å². The summed E-state index contributed by atoms with van der Waals surface area (Å²) in [6.07, 6.45) is 1.88. The Morgan fingerprint density at radius 1 is 1.30 bits per heavy atom. The van der Waals surface area contributed by atoms with E-state index in [4.69, 9.17) is 26.5 Å². The minimum atomic E-state index is -0.681. The first-order valence-electron chi connectivity index (χ1n) is 9.62. The summed E-state index contributed by atoms with van der Waals surface area (Å²) in [5.41, 5.74) is 2.75. The Morgan fingerprint density at radius 2 is 2.07 bits per heavy atom. The van der Waals surface area contributed by atoms with Gasteiger partial charge in [0, 0.05) is 17.5 Å². The first-order chi connectivity index (χ1) is 14.5. The molecule has 1 fully saturated rings. The van der Waals surface area contributed by atoms with Gasteiger partial charge in [-0.25, -0.2) is 4.68 Å². The van der Waals surface area contributed by atoms with Crippen LogP contribution in [0.4, 0.5) is 0 Å². The third-order valence-corrected chi connectivity index (χ3v) is 5.10. The van der Waals surface area contributed by atoms with Crippen molar-refractivity contribution in [3.8, 4) is 17.1 Å². The van der Waals surface area contributed by atoms with Crippen LogP contribution in [0.15, 0.2) is 65.4 Å². The maximum absolute atomic E-state index is 12.8. The molecular formula is C22H22N4O3S. The molecular weight excluding hydrogens is 400 g/mol. The van der Waals surface area contributed by atoms with E-state index in [1.165, 1.54) is 0 Å². The topological polar surface area (TPSA) is 81.3 Å². The van der Waals surface area contributed by atoms with Gasteiger partial charge in [0.1, 0.15) is 17.4 Å². The molecule has 0 aliphatic carbocycles. The number of hydrogen-bond acceptors (Lipinski definition) is 5. The van der Waals surface area contributed by atoms with Crippen molar-refractivity contribution in [3.63, 3.8) is 0 Å². The Morgan fingerprint density at radius 3 is 2.73 bits per heavy atom. The zero-order valence-electron chi connectivity index (χ0n) is 16.7. The van der Waals surface area contributed by atoms with Crippen molar-refractivity contribution < 1.29 is 13.9 Å². The summed E-state index contributed by atoms with van der Waals surface area (Å²) in [4.78, 5) is 12.8. The van der Waals surface area contributed by atoms with Crippen molar-refractivity contribution in [2.24, 2.45) is 5.92 Å². The zero-order chi connectivity index (χ0) is 21.3. The molecule has 1 aliphatic heterocycles. The van der Waals surface area contributed by atoms with E-state index in [9.17, 15) is 4.79 Å². The third kappa shape index (κ3) is 3.73. The lowest BCUT2D eigenvalue weighted by atomic mass is 9.89. The maximum atomic E-state index is 12.8. The number of nitrogens with one attached hydrogen (secondary N) is 2. The molecule has 8 heteroatoms. The second-order valence-corrected chi connectivity index (χ2v) is 7.36. The highest BCUT2D eigenvalue weighted by atomic mass is 32.1. The summed E-state index contributed by atoms with van der Waals surface area (Å²) in [6.45, 7) is 7.92. The Labute approximate surface area is 179 Å². The van der Waals surface area contributed by atoms with Gasteiger partial charge in [-0.3, -0.25) is 4.79 Å². The average Bonchev–Trinajstić information content (AvgIpc) is 3.34. The maximum Gasteiger partial charge on any atom is 0.317 e. The highest BCUT2D eigenvalue weighted by molar-refractivity contribution is 7.80. The normalized spacial score (nSPS) is 18.6. The van der Waals surface area contributed by atoms with Crippen LogP contribution >= 0.6 is 12.2 Å². The Hall–Kier alpha value is -3.39. The minimum absolute atomic E-state index is 0.271. The first-order valence-corrected chi connectivity index (χ1v) is 10.0. The fourth-order valence-corrected chi connectivity index (χ4v) is 3.79. The summed E-state index contributed by atoms with van der Waals surface area (Å²) in [7, 11) is 0. The third-order valence-electron chi connectivity index (χ3n) is 4.88. The van der Waals surface area contributed by atoms with E-state index >= 15 is 0 Å². The molecule has 0 spiro atoms. The molecule has 30 heavy (non-hydrogen) atoms. The van der Waals surface area contributed by atoms with Crippen LogP contribution in [0.3, 0.4) is 0 Å². The standard InChI is InChI=1S/C22H22N4O3S/c1-4-28-21(27)18-14(3)23-22(30)24-20(18)16-12-26(15-8-6-5-7-9-15)25-19(16)17-11-10-13(2)29-17/h5-12,18,20H,3-4H2,1-2H3,(H2,23,24,30)/t18-,20+/m1/s1. The quantitative estimate of drug-likeness (QED) is 0.480. The number of ether oxygens (including phenoxy) is 1. The summed E-state index contributed by atoms with van der Waals surface area (Å²) < 4.78 is 12.9. The molecule has 0 saturated carbocycles. The van der Waals surface area contributed by atoms with Gasteiger partial charge in [-0.1, -0.05) is 24.8 Å². The van der Waals surface area contributed by atoms with Gasteiger partial charge in [-0.2, -0.15) is 5.10 Å². The number of carbonyl (C=O) groups is 1. The molecule has 2 aromatic heterocycles. The summed E-state index contributed by atoms with van der Waals surface area (Å²) in [5.74, 6) is 0.311. The largest absolute Gasteiger partial charge is 0.465 e. The molecule has 7 nitrogen and oxygen atoms in total. The lowest BCUT2D eigenvalue weighted by Gasteiger charge is -2.34. The van der Waals surface area contributed by atoms with Crippen LogP contribution in [0.25, 0.3) is 17.1 Å². The van der Waals surface area contributed by atoms with Crippen LogP contribution in [-0.4, -0.2) is 27.5 Å². The second kappa shape index (κ2) is 8.16. The van der Waals surface area contributed by atoms with Gasteiger partial charge in [0.05, 0.1) is 18.3 Å². The summed E-state index contributed by atoms with van der Waals surface area (Å²) >= 11 is 5.34. The number of furan rings is 1. The van der Waals surface area contributed by atoms with Crippen molar-refractivity contribution in [1.82, 2.24) is 20.4 Å². The van der Waals surface area contributed by atoms with Crippen molar-refractivity contribution in [2.75, 3.05) is 6.61 Å². The molecule has 1 aromatic carbocycles. The van der Waals surface area contributed by atoms with Gasteiger partial charge in [0.15, 0.2) is 10.9 Å². The number of benzene rings is 1. The first kappa shape index (κ1) is 19.9. The molecule has 3 heterocycles. The number of carbonyl (C=O) groups excluding carboxylic acids is 1. The number of thiocarbonyl (C=S) groups is 1. The van der Waals surface area contributed by atoms with Gasteiger partial charge in [0.2, 0.25) is 0 Å². The van der Waals surface area contributed by atoms with Crippen LogP contribution in [0.1, 0.15) is 24.3 Å². The van der Waals surface area contributed by atoms with Crippen LogP contribution in [0.2, 0.25) is 0 Å². The van der Waals surface area contributed by atoms with E-state index in [1.54, 1.807) is 11.6 Å². The highest BCUT2D eigenvalue weighted by Gasteiger charge is 2.40. The van der Waals surface area contributed by atoms with Gasteiger partial charge >= 0.3 is 5.97 Å². The van der Waals surface area contributed by atoms with Crippen LogP contribution in [0.5, 0.6) is 0 Å². The molecule has 3 aromatic rings. The van der Waals surface area contributed by atoms with Gasteiger partial charge in [-0.05, 0) is 50.3 Å². The van der Waals surface area contributed by atoms with E-state index in [-0.39, 0.29) is 12.6 Å². The van der Waals surface area contributed by atoms with Crippen LogP contribution < -0.4 is 10.6 Å². The smallest absolute Gasteiger partial charge is 0.317 e. The van der Waals surface area contributed by atoms with Crippen molar-refractivity contribution in [3.05, 3.63) is 72.3 Å². The monoisotopic (exact) mass is 422 g/mol. The molecule has 2 atom stereocenters. The van der Waals surface area contributed by atoms with Crippen molar-refractivity contribution in [2.45, 2.75) is 19.9 Å². The fourth-order valence-electron chi connectivity index (χ4n) is 3.53. The summed E-state index contributed by atoms with van der Waals surface area (Å²) in [5, 5.41) is 11.3. The van der Waals surface area contributed by atoms with Crippen LogP contribution in [-0.2, 0) is 9.53 Å². The summed E-state index contributed by atoms with van der Waals surface area (Å²) in [6, 6.07) is 13.0. The lowest BCUT2D eigenvalue weighted by Crippen LogP contribution is -2.51. The molecule has 2 N–H and O–H groups in total. The number of hydrogen-bond donors (Lipinski definition) is 2. The van der Waals surface area contributed by atoms with E-state index in [0.29, 0.717) is 22.3 Å². The molecule has 0 radical (unpaired) electrons. The molecule has 154 valence electrons. The van der Waals surface area contributed by atoms with E-state index in [2.05, 4.69) is 17.2 Å². The number of para-hydroxylation sites is 1. The second-order valence-electron chi connectivity index (χ2n) is 6.95. The number of nitrogens with zero attached hydrogens (tertiary/aromatic N) is 2. The number of aryl methyl sites for hydroxylation is 1. The number of aromatic nitrogens is 2. The Balaban J connectivity index is 1.86. The van der Waals surface area contributed by atoms with Gasteiger partial charge in [0.25, 0.3) is 0 Å². The molecule has 1 aliphatic rings. The van der Waals surface area contributed by atoms with Gasteiger partial charge in [-0.15, -0.1) is 0 Å². The molecule has 0 amide bonds. The fraction of sp³-hybridized carbons (Fsp3) is 0.227. The van der Waals surface area contributed by atoms with E-state index in [1.807, 2.05) is 55.6 Å². The number of esters is 1. The highest BCUT2D eigenvalue weighted by Crippen LogP contribution is 2.37. The van der Waals surface area contributed by atoms with Crippen molar-refractivity contribution >= 4 is 23.3 Å². The van der Waals surface area contributed by atoms with Gasteiger partial charge < -0.3 is 19.8 Å². The SMILES string of the molecule is C=C1NC(=S)N[C@@H](c2cn(-c3ccccc3)nc2-c2ccc(C)o2)[C@@H]1C(=O)OCC. The van der Waals surface area contributed by atoms with E-state index in [0.717, 1.165) is 17.0 Å². The Kier molecular flexibility index (Phi) is 5.41. The van der Waals surface area contributed by atoms with Crippen LogP contribution in [0, 0.1) is 12.8 Å². The molecule has 4 rings (SSSR count). The Bertz CT molecular complexity index is 1100. The zero-order valence-corrected chi connectivity index (χ0v) is 17.5. The average molecular weight is 423 g/mol. The predicted octanol–water partition coefficient (Wildman–Crippen LogP) is 3.65. The minimum Gasteiger partial charge on any atom is -0.465 e. The molecule has 0 unspecified atom stereocenters. The number of rotatable bonds is 5. The van der Waals surface area contributed by atoms with Crippen molar-refractivity contribution in [1.29, 1.82) is 0 Å².